The number of benzene rings is 1. The number of halogens is 1. The fraction of sp³-hybridized carbons (Fsp3) is 0.300. The number of carbonyl (C=O) groups is 1. The van der Waals surface area contributed by atoms with Crippen LogP contribution >= 0.6 is 11.6 Å². The van der Waals surface area contributed by atoms with Gasteiger partial charge >= 0.3 is 0 Å². The summed E-state index contributed by atoms with van der Waals surface area (Å²) in [5.41, 5.74) is 2.52. The zero-order valence-corrected chi connectivity index (χ0v) is 15.2. The summed E-state index contributed by atoms with van der Waals surface area (Å²) in [4.78, 5) is 19.3. The lowest BCUT2D eigenvalue weighted by molar-refractivity contribution is 0.0937. The zero-order chi connectivity index (χ0) is 17.9. The molecular formula is C20H21ClN4O. The third-order valence-corrected chi connectivity index (χ3v) is 5.30. The second kappa shape index (κ2) is 7.48. The van der Waals surface area contributed by atoms with Gasteiger partial charge in [-0.1, -0.05) is 29.8 Å². The lowest BCUT2D eigenvalue weighted by atomic mass is 10.1. The number of fused-ring (bicyclic) bond motifs is 1. The van der Waals surface area contributed by atoms with Gasteiger partial charge in [-0.15, -0.1) is 0 Å². The van der Waals surface area contributed by atoms with E-state index in [1.54, 1.807) is 18.5 Å². The molecular weight excluding hydrogens is 348 g/mol. The Morgan fingerprint density at radius 1 is 1.19 bits per heavy atom. The first-order chi connectivity index (χ1) is 12.7. The molecule has 1 amide bonds. The molecule has 4 rings (SSSR count). The van der Waals surface area contributed by atoms with Crippen LogP contribution in [-0.2, 0) is 0 Å². The number of hydrogen-bond acceptors (Lipinski definition) is 3. The number of rotatable bonds is 5. The van der Waals surface area contributed by atoms with Crippen LogP contribution in [0.1, 0.15) is 34.8 Å². The molecule has 0 spiro atoms. The van der Waals surface area contributed by atoms with E-state index in [4.69, 9.17) is 11.6 Å². The van der Waals surface area contributed by atoms with E-state index >= 15 is 0 Å². The average molecular weight is 369 g/mol. The minimum absolute atomic E-state index is 0.0862. The van der Waals surface area contributed by atoms with Gasteiger partial charge in [0.15, 0.2) is 0 Å². The molecule has 1 N–H and O–H groups in total. The Morgan fingerprint density at radius 2 is 2.00 bits per heavy atom. The highest BCUT2D eigenvalue weighted by Gasteiger charge is 2.25. The number of hydrogen-bond donors (Lipinski definition) is 1. The fourth-order valence-corrected chi connectivity index (χ4v) is 3.84. The van der Waals surface area contributed by atoms with Crippen LogP contribution < -0.4 is 5.32 Å². The van der Waals surface area contributed by atoms with Gasteiger partial charge in [0.05, 0.1) is 11.6 Å². The van der Waals surface area contributed by atoms with Gasteiger partial charge in [-0.3, -0.25) is 9.69 Å². The van der Waals surface area contributed by atoms with Gasteiger partial charge in [0.1, 0.15) is 5.65 Å². The van der Waals surface area contributed by atoms with Crippen molar-refractivity contribution >= 4 is 23.2 Å². The molecule has 1 aliphatic rings. The normalized spacial score (nSPS) is 16.0. The summed E-state index contributed by atoms with van der Waals surface area (Å²) < 4.78 is 1.85. The number of nitrogens with one attached hydrogen (secondary N) is 1. The van der Waals surface area contributed by atoms with E-state index in [0.717, 1.165) is 29.3 Å². The minimum atomic E-state index is -0.0862. The molecule has 1 aliphatic heterocycles. The summed E-state index contributed by atoms with van der Waals surface area (Å²) in [6.45, 7) is 2.60. The van der Waals surface area contributed by atoms with Gasteiger partial charge < -0.3 is 9.72 Å². The van der Waals surface area contributed by atoms with Crippen LogP contribution in [0.4, 0.5) is 0 Å². The maximum absolute atomic E-state index is 12.6. The molecule has 1 atom stereocenters. The predicted octanol–water partition coefficient (Wildman–Crippen LogP) is 3.55. The van der Waals surface area contributed by atoms with Gasteiger partial charge in [-0.05, 0) is 49.7 Å². The predicted molar refractivity (Wildman–Crippen MR) is 103 cm³/mol. The van der Waals surface area contributed by atoms with Crippen molar-refractivity contribution in [3.63, 3.8) is 0 Å². The molecule has 3 aromatic rings. The first-order valence-electron chi connectivity index (χ1n) is 8.92. The van der Waals surface area contributed by atoms with Crippen LogP contribution in [0.2, 0.25) is 5.02 Å². The Labute approximate surface area is 157 Å². The third-order valence-electron chi connectivity index (χ3n) is 4.95. The highest BCUT2D eigenvalue weighted by Crippen LogP contribution is 2.29. The lowest BCUT2D eigenvalue weighted by Crippen LogP contribution is -2.37. The molecule has 3 heterocycles. The Bertz CT molecular complexity index is 917. The molecule has 0 unspecified atom stereocenters. The first-order valence-corrected chi connectivity index (χ1v) is 9.29. The number of aromatic nitrogens is 2. The van der Waals surface area contributed by atoms with Crippen molar-refractivity contribution in [3.05, 3.63) is 71.1 Å². The number of amides is 1. The summed E-state index contributed by atoms with van der Waals surface area (Å²) in [6, 6.07) is 11.6. The van der Waals surface area contributed by atoms with Crippen molar-refractivity contribution in [2.24, 2.45) is 0 Å². The summed E-state index contributed by atoms with van der Waals surface area (Å²) in [7, 11) is 0. The Balaban J connectivity index is 1.52. The number of imidazole rings is 1. The number of nitrogens with zero attached hydrogens (tertiary/aromatic N) is 3. The number of carbonyl (C=O) groups excluding carboxylic acids is 1. The topological polar surface area (TPSA) is 49.6 Å². The molecule has 0 bridgehead atoms. The van der Waals surface area contributed by atoms with Crippen molar-refractivity contribution in [3.8, 4) is 0 Å². The van der Waals surface area contributed by atoms with Gasteiger partial charge in [0.2, 0.25) is 0 Å². The van der Waals surface area contributed by atoms with Gasteiger partial charge in [-0.25, -0.2) is 4.98 Å². The summed E-state index contributed by atoms with van der Waals surface area (Å²) in [5.74, 6) is -0.0862. The highest BCUT2D eigenvalue weighted by atomic mass is 35.5. The van der Waals surface area contributed by atoms with E-state index < -0.39 is 0 Å². The average Bonchev–Trinajstić information content (AvgIpc) is 3.34. The van der Waals surface area contributed by atoms with E-state index in [9.17, 15) is 4.79 Å². The van der Waals surface area contributed by atoms with Gasteiger partial charge in [0, 0.05) is 30.2 Å². The Hall–Kier alpha value is -2.37. The van der Waals surface area contributed by atoms with Crippen molar-refractivity contribution in [2.75, 3.05) is 19.6 Å². The van der Waals surface area contributed by atoms with Crippen molar-refractivity contribution in [1.29, 1.82) is 0 Å². The van der Waals surface area contributed by atoms with E-state index in [2.05, 4.69) is 21.3 Å². The summed E-state index contributed by atoms with van der Waals surface area (Å²) in [6.07, 6.45) is 7.73. The smallest absolute Gasteiger partial charge is 0.252 e. The van der Waals surface area contributed by atoms with Gasteiger partial charge in [0.25, 0.3) is 5.91 Å². The molecule has 5 nitrogen and oxygen atoms in total. The number of likely N-dealkylation sites (tertiary alicyclic amines) is 1. The van der Waals surface area contributed by atoms with Crippen molar-refractivity contribution < 1.29 is 4.79 Å². The second-order valence-electron chi connectivity index (χ2n) is 6.60. The highest BCUT2D eigenvalue weighted by molar-refractivity contribution is 6.31. The quantitative estimate of drug-likeness (QED) is 0.749. The van der Waals surface area contributed by atoms with E-state index in [1.165, 1.54) is 12.8 Å². The number of pyridine rings is 1. The van der Waals surface area contributed by atoms with Gasteiger partial charge in [-0.2, -0.15) is 0 Å². The van der Waals surface area contributed by atoms with Crippen LogP contribution in [0.5, 0.6) is 0 Å². The molecule has 1 fully saturated rings. The Morgan fingerprint density at radius 3 is 2.81 bits per heavy atom. The monoisotopic (exact) mass is 368 g/mol. The third kappa shape index (κ3) is 3.45. The molecule has 1 saturated heterocycles. The standard InChI is InChI=1S/C20H21ClN4O/c21-17-6-2-1-5-16(17)18(24-10-3-4-11-24)13-23-20(26)15-7-8-19-22-9-12-25(19)14-15/h1-2,5-9,12,14,18H,3-4,10-11,13H2,(H,23,26)/t18-/m1/s1. The zero-order valence-electron chi connectivity index (χ0n) is 14.4. The largest absolute Gasteiger partial charge is 0.350 e. The van der Waals surface area contributed by atoms with E-state index in [1.807, 2.05) is 34.9 Å². The lowest BCUT2D eigenvalue weighted by Gasteiger charge is -2.29. The molecule has 6 heteroatoms. The van der Waals surface area contributed by atoms with E-state index in [0.29, 0.717) is 12.1 Å². The maximum atomic E-state index is 12.6. The SMILES string of the molecule is O=C(NC[C@H](c1ccccc1Cl)N1CCCC1)c1ccc2nccn2c1. The molecule has 134 valence electrons. The van der Waals surface area contributed by atoms with Crippen LogP contribution in [0.25, 0.3) is 5.65 Å². The fourth-order valence-electron chi connectivity index (χ4n) is 3.58. The first kappa shape index (κ1) is 17.1. The molecule has 0 aliphatic carbocycles. The molecule has 2 aromatic heterocycles. The van der Waals surface area contributed by atoms with E-state index in [-0.39, 0.29) is 11.9 Å². The Kier molecular flexibility index (Phi) is 4.91. The second-order valence-corrected chi connectivity index (χ2v) is 7.01. The van der Waals surface area contributed by atoms with Crippen molar-refractivity contribution in [2.45, 2.75) is 18.9 Å². The maximum Gasteiger partial charge on any atom is 0.252 e. The van der Waals surface area contributed by atoms with Crippen LogP contribution in [-0.4, -0.2) is 39.8 Å². The summed E-state index contributed by atoms with van der Waals surface area (Å²) in [5, 5.41) is 3.83. The minimum Gasteiger partial charge on any atom is -0.350 e. The van der Waals surface area contributed by atoms with Crippen molar-refractivity contribution in [1.82, 2.24) is 19.6 Å². The molecule has 0 radical (unpaired) electrons. The van der Waals surface area contributed by atoms with Crippen LogP contribution in [0.15, 0.2) is 55.0 Å². The summed E-state index contributed by atoms with van der Waals surface area (Å²) >= 11 is 6.43. The molecule has 0 saturated carbocycles. The molecule has 1 aromatic carbocycles. The molecule has 26 heavy (non-hydrogen) atoms. The van der Waals surface area contributed by atoms with Crippen LogP contribution in [0, 0.1) is 0 Å². The van der Waals surface area contributed by atoms with Crippen LogP contribution in [0.3, 0.4) is 0 Å².